The van der Waals surface area contributed by atoms with Crippen LogP contribution in [0.5, 0.6) is 0 Å². The number of carbonyl (C=O) groups excluding carboxylic acids is 2. The van der Waals surface area contributed by atoms with E-state index in [1.54, 1.807) is 18.2 Å². The second-order valence-electron chi connectivity index (χ2n) is 4.65. The number of nitro benzene ring substituents is 1. The number of non-ortho nitro benzene ring substituents is 1. The number of carbonyl (C=O) groups is 2. The van der Waals surface area contributed by atoms with Crippen LogP contribution in [0.2, 0.25) is 0 Å². The molecule has 2 N–H and O–H groups in total. The van der Waals surface area contributed by atoms with Gasteiger partial charge in [0.1, 0.15) is 0 Å². The highest BCUT2D eigenvalue weighted by Gasteiger charge is 2.33. The Hall–Kier alpha value is -2.19. The molecule has 2 amide bonds. The first-order valence-electron chi connectivity index (χ1n) is 6.70. The summed E-state index contributed by atoms with van der Waals surface area (Å²) >= 11 is 0.900. The van der Waals surface area contributed by atoms with Crippen LogP contribution in [0.4, 0.5) is 10.5 Å². The van der Waals surface area contributed by atoms with E-state index < -0.39 is 4.92 Å². The number of allylic oxidation sites excluding steroid dienone is 1. The Balaban J connectivity index is 1.98. The highest BCUT2D eigenvalue weighted by Crippen LogP contribution is 2.30. The minimum atomic E-state index is -0.443. The lowest BCUT2D eigenvalue weighted by Gasteiger charge is -2.09. The van der Waals surface area contributed by atoms with Gasteiger partial charge in [-0.2, -0.15) is 0 Å². The molecule has 0 aromatic heterocycles. The van der Waals surface area contributed by atoms with Crippen LogP contribution in [0.3, 0.4) is 0 Å². The summed E-state index contributed by atoms with van der Waals surface area (Å²) in [4.78, 5) is 35.4. The number of aryl methyl sites for hydroxylation is 1. The molecule has 1 aromatic rings. The van der Waals surface area contributed by atoms with E-state index in [0.717, 1.165) is 22.2 Å². The first-order chi connectivity index (χ1) is 10.5. The minimum absolute atomic E-state index is 0.0424. The van der Waals surface area contributed by atoms with E-state index in [9.17, 15) is 19.7 Å². The van der Waals surface area contributed by atoms with Gasteiger partial charge < -0.3 is 5.73 Å². The van der Waals surface area contributed by atoms with Crippen LogP contribution < -0.4 is 5.73 Å². The molecule has 1 heterocycles. The molecular formula is C14H15N3O4S. The normalized spacial score (nSPS) is 16.6. The fourth-order valence-corrected chi connectivity index (χ4v) is 2.93. The van der Waals surface area contributed by atoms with E-state index in [4.69, 9.17) is 5.73 Å². The average molecular weight is 321 g/mol. The molecular weight excluding hydrogens is 306 g/mol. The summed E-state index contributed by atoms with van der Waals surface area (Å²) in [5.41, 5.74) is 6.22. The van der Waals surface area contributed by atoms with E-state index >= 15 is 0 Å². The first-order valence-corrected chi connectivity index (χ1v) is 7.52. The summed E-state index contributed by atoms with van der Waals surface area (Å²) in [6, 6.07) is 6.36. The maximum atomic E-state index is 12.0. The number of benzene rings is 1. The zero-order chi connectivity index (χ0) is 16.1. The van der Waals surface area contributed by atoms with Crippen LogP contribution in [-0.4, -0.2) is 34.1 Å². The Kier molecular flexibility index (Phi) is 5.29. The molecule has 22 heavy (non-hydrogen) atoms. The number of nitrogens with zero attached hydrogens (tertiary/aromatic N) is 2. The lowest BCUT2D eigenvalue weighted by molar-refractivity contribution is -0.384. The molecule has 0 saturated carbocycles. The van der Waals surface area contributed by atoms with Gasteiger partial charge in [-0.1, -0.05) is 18.2 Å². The number of hydrogen-bond acceptors (Lipinski definition) is 6. The molecule has 0 atom stereocenters. The van der Waals surface area contributed by atoms with Crippen LogP contribution in [0.1, 0.15) is 12.0 Å². The van der Waals surface area contributed by atoms with Crippen LogP contribution in [0, 0.1) is 10.1 Å². The number of rotatable bonds is 6. The third kappa shape index (κ3) is 3.71. The van der Waals surface area contributed by atoms with Gasteiger partial charge >= 0.3 is 0 Å². The third-order valence-electron chi connectivity index (χ3n) is 3.11. The summed E-state index contributed by atoms with van der Waals surface area (Å²) in [6.07, 6.45) is 2.78. The van der Waals surface area contributed by atoms with E-state index in [1.807, 2.05) is 0 Å². The lowest BCUT2D eigenvalue weighted by Crippen LogP contribution is -2.33. The molecule has 116 valence electrons. The molecule has 8 heteroatoms. The van der Waals surface area contributed by atoms with Gasteiger partial charge in [0.05, 0.1) is 9.83 Å². The largest absolute Gasteiger partial charge is 0.329 e. The molecule has 0 radical (unpaired) electrons. The van der Waals surface area contributed by atoms with Gasteiger partial charge in [-0.05, 0) is 30.2 Å². The molecule has 1 fully saturated rings. The zero-order valence-corrected chi connectivity index (χ0v) is 12.5. The SMILES string of the molecule is NCCN1C(=O)S/C(=C/CCc2cccc([N+](=O)[O-])c2)C1=O. The Bertz CT molecular complexity index is 645. The summed E-state index contributed by atoms with van der Waals surface area (Å²) < 4.78 is 0. The number of nitro groups is 1. The van der Waals surface area contributed by atoms with Crippen molar-refractivity contribution in [2.45, 2.75) is 12.8 Å². The summed E-state index contributed by atoms with van der Waals surface area (Å²) in [6.45, 7) is 0.450. The lowest BCUT2D eigenvalue weighted by atomic mass is 10.1. The Morgan fingerprint density at radius 1 is 1.36 bits per heavy atom. The molecule has 1 aliphatic rings. The van der Waals surface area contributed by atoms with Gasteiger partial charge in [0.25, 0.3) is 16.8 Å². The van der Waals surface area contributed by atoms with Gasteiger partial charge in [-0.3, -0.25) is 24.6 Å². The quantitative estimate of drug-likeness (QED) is 0.488. The van der Waals surface area contributed by atoms with Crippen LogP contribution >= 0.6 is 11.8 Å². The Labute approximate surface area is 131 Å². The third-order valence-corrected chi connectivity index (χ3v) is 4.07. The highest BCUT2D eigenvalue weighted by molar-refractivity contribution is 8.18. The molecule has 1 aliphatic heterocycles. The van der Waals surface area contributed by atoms with Crippen LogP contribution in [0.15, 0.2) is 35.2 Å². The minimum Gasteiger partial charge on any atom is -0.329 e. The average Bonchev–Trinajstić information content (AvgIpc) is 2.76. The fourth-order valence-electron chi connectivity index (χ4n) is 2.06. The molecule has 1 saturated heterocycles. The maximum absolute atomic E-state index is 12.0. The van der Waals surface area contributed by atoms with Crippen molar-refractivity contribution in [1.29, 1.82) is 0 Å². The fraction of sp³-hybridized carbons (Fsp3) is 0.286. The molecule has 1 aromatic carbocycles. The summed E-state index contributed by atoms with van der Waals surface area (Å²) in [7, 11) is 0. The van der Waals surface area contributed by atoms with Crippen molar-refractivity contribution in [3.8, 4) is 0 Å². The van der Waals surface area contributed by atoms with E-state index in [0.29, 0.717) is 17.7 Å². The monoisotopic (exact) mass is 321 g/mol. The predicted molar refractivity (Wildman–Crippen MR) is 83.3 cm³/mol. The number of nitrogens with two attached hydrogens (primary N) is 1. The van der Waals surface area contributed by atoms with E-state index in [1.165, 1.54) is 12.1 Å². The van der Waals surface area contributed by atoms with Crippen molar-refractivity contribution in [1.82, 2.24) is 4.90 Å². The second kappa shape index (κ2) is 7.19. The number of hydrogen-bond donors (Lipinski definition) is 1. The van der Waals surface area contributed by atoms with Crippen molar-refractivity contribution in [3.63, 3.8) is 0 Å². The van der Waals surface area contributed by atoms with Gasteiger partial charge in [0.2, 0.25) is 0 Å². The Morgan fingerprint density at radius 3 is 2.82 bits per heavy atom. The van der Waals surface area contributed by atoms with Crippen LogP contribution in [0.25, 0.3) is 0 Å². The smallest absolute Gasteiger partial charge is 0.293 e. The zero-order valence-electron chi connectivity index (χ0n) is 11.7. The molecule has 0 spiro atoms. The predicted octanol–water partition coefficient (Wildman–Crippen LogP) is 2.07. The highest BCUT2D eigenvalue weighted by atomic mass is 32.2. The van der Waals surface area contributed by atoms with Crippen molar-refractivity contribution in [2.24, 2.45) is 5.73 Å². The van der Waals surface area contributed by atoms with Crippen molar-refractivity contribution in [2.75, 3.05) is 13.1 Å². The first kappa shape index (κ1) is 16.2. The van der Waals surface area contributed by atoms with Gasteiger partial charge in [-0.25, -0.2) is 0 Å². The topological polar surface area (TPSA) is 107 Å². The van der Waals surface area contributed by atoms with E-state index in [-0.39, 0.29) is 29.9 Å². The Morgan fingerprint density at radius 2 is 2.14 bits per heavy atom. The summed E-state index contributed by atoms with van der Waals surface area (Å²) in [5, 5.41) is 10.4. The molecule has 7 nitrogen and oxygen atoms in total. The molecule has 0 aliphatic carbocycles. The standard InChI is InChI=1S/C14H15N3O4S/c15-7-8-16-13(18)12(22-14(16)19)6-2-4-10-3-1-5-11(9-10)17(20)21/h1,3,5-6,9H,2,4,7-8,15H2/b12-6+. The second-order valence-corrected chi connectivity index (χ2v) is 5.64. The van der Waals surface area contributed by atoms with Crippen molar-refractivity contribution >= 4 is 28.6 Å². The van der Waals surface area contributed by atoms with Gasteiger partial charge in [0, 0.05) is 25.2 Å². The van der Waals surface area contributed by atoms with Crippen LogP contribution in [-0.2, 0) is 11.2 Å². The number of amides is 2. The number of thioether (sulfide) groups is 1. The molecule has 0 unspecified atom stereocenters. The van der Waals surface area contributed by atoms with Crippen molar-refractivity contribution < 1.29 is 14.5 Å². The molecule has 2 rings (SSSR count). The summed E-state index contributed by atoms with van der Waals surface area (Å²) in [5.74, 6) is -0.320. The number of imide groups is 1. The van der Waals surface area contributed by atoms with E-state index in [2.05, 4.69) is 0 Å². The van der Waals surface area contributed by atoms with Crippen molar-refractivity contribution in [3.05, 3.63) is 50.9 Å². The maximum Gasteiger partial charge on any atom is 0.293 e. The van der Waals surface area contributed by atoms with Gasteiger partial charge in [-0.15, -0.1) is 0 Å². The van der Waals surface area contributed by atoms with Gasteiger partial charge in [0.15, 0.2) is 0 Å². The molecule has 0 bridgehead atoms.